The van der Waals surface area contributed by atoms with Gasteiger partial charge in [0.05, 0.1) is 17.2 Å². The Balaban J connectivity index is 1.59. The van der Waals surface area contributed by atoms with Gasteiger partial charge in [-0.3, -0.25) is 23.5 Å². The predicted octanol–water partition coefficient (Wildman–Crippen LogP) is 1.75. The zero-order valence-corrected chi connectivity index (χ0v) is 17.9. The third-order valence-electron chi connectivity index (χ3n) is 5.70. The van der Waals surface area contributed by atoms with Gasteiger partial charge < -0.3 is 10.6 Å². The molecular weight excluding hydrogens is 406 g/mol. The average molecular weight is 432 g/mol. The van der Waals surface area contributed by atoms with E-state index in [-0.39, 0.29) is 23.7 Å². The molecule has 0 aromatic carbocycles. The Hall–Kier alpha value is -2.75. The third kappa shape index (κ3) is 3.60. The van der Waals surface area contributed by atoms with Crippen LogP contribution in [0.4, 0.5) is 10.9 Å². The molecule has 1 aliphatic carbocycles. The number of carbonyl (C=O) groups excluding carboxylic acids is 2. The molecule has 3 heterocycles. The van der Waals surface area contributed by atoms with Crippen LogP contribution in [0.2, 0.25) is 0 Å². The Labute approximate surface area is 177 Å². The predicted molar refractivity (Wildman–Crippen MR) is 114 cm³/mol. The number of nitrogens with one attached hydrogen (secondary N) is 2. The van der Waals surface area contributed by atoms with Gasteiger partial charge in [0.15, 0.2) is 5.13 Å². The molecule has 2 aromatic heterocycles. The van der Waals surface area contributed by atoms with Crippen LogP contribution in [0.15, 0.2) is 9.59 Å². The largest absolute Gasteiger partial charge is 0.332 e. The van der Waals surface area contributed by atoms with Gasteiger partial charge in [-0.05, 0) is 32.1 Å². The fourth-order valence-corrected chi connectivity index (χ4v) is 5.12. The van der Waals surface area contributed by atoms with Crippen LogP contribution in [0.5, 0.6) is 0 Å². The molecule has 2 aliphatic rings. The van der Waals surface area contributed by atoms with E-state index in [0.29, 0.717) is 11.7 Å². The highest BCUT2D eigenvalue weighted by Gasteiger charge is 2.38. The molecule has 30 heavy (non-hydrogen) atoms. The minimum atomic E-state index is -0.929. The van der Waals surface area contributed by atoms with Crippen LogP contribution < -0.4 is 21.9 Å². The fourth-order valence-electron chi connectivity index (χ4n) is 4.05. The Morgan fingerprint density at radius 1 is 1.27 bits per heavy atom. The highest BCUT2D eigenvalue weighted by molar-refractivity contribution is 7.15. The van der Waals surface area contributed by atoms with Gasteiger partial charge in [-0.25, -0.2) is 9.78 Å². The number of aromatic nitrogens is 3. The minimum absolute atomic E-state index is 0.176. The zero-order valence-electron chi connectivity index (χ0n) is 17.1. The number of aryl methyl sites for hydroxylation is 2. The SMILES string of the molecule is CCCCn1c2c(c(=O)n(C)c1=O)[C@H](CC(=O)Nc1nc3c(s1)CCCC3)C(=O)N2. The fraction of sp³-hybridized carbons (Fsp3) is 0.550. The molecule has 0 bridgehead atoms. The smallest absolute Gasteiger partial charge is 0.311 e. The first-order valence-corrected chi connectivity index (χ1v) is 11.1. The number of amides is 2. The summed E-state index contributed by atoms with van der Waals surface area (Å²) in [5, 5.41) is 5.98. The van der Waals surface area contributed by atoms with Gasteiger partial charge >= 0.3 is 5.69 Å². The molecule has 0 spiro atoms. The molecule has 10 heteroatoms. The van der Waals surface area contributed by atoms with Crippen LogP contribution >= 0.6 is 11.3 Å². The molecule has 0 saturated carbocycles. The van der Waals surface area contributed by atoms with Crippen molar-refractivity contribution in [2.75, 3.05) is 10.6 Å². The molecule has 2 aromatic rings. The Kier molecular flexibility index (Phi) is 5.59. The number of hydrogen-bond acceptors (Lipinski definition) is 6. The summed E-state index contributed by atoms with van der Waals surface area (Å²) in [4.78, 5) is 56.2. The first-order chi connectivity index (χ1) is 14.4. The van der Waals surface area contributed by atoms with E-state index in [0.717, 1.165) is 48.8 Å². The molecule has 1 atom stereocenters. The second-order valence-corrected chi connectivity index (χ2v) is 8.89. The summed E-state index contributed by atoms with van der Waals surface area (Å²) >= 11 is 1.47. The van der Waals surface area contributed by atoms with E-state index in [9.17, 15) is 19.2 Å². The molecule has 0 unspecified atom stereocenters. The number of nitrogens with zero attached hydrogens (tertiary/aromatic N) is 3. The normalized spacial score (nSPS) is 17.4. The van der Waals surface area contributed by atoms with Crippen molar-refractivity contribution in [3.05, 3.63) is 37.0 Å². The van der Waals surface area contributed by atoms with Gasteiger partial charge in [-0.1, -0.05) is 13.3 Å². The van der Waals surface area contributed by atoms with Crippen molar-refractivity contribution in [1.82, 2.24) is 14.1 Å². The molecule has 4 rings (SSSR count). The summed E-state index contributed by atoms with van der Waals surface area (Å²) in [6.07, 6.45) is 5.56. The summed E-state index contributed by atoms with van der Waals surface area (Å²) in [7, 11) is 1.40. The molecule has 2 amide bonds. The molecule has 1 aliphatic heterocycles. The maximum atomic E-state index is 12.8. The maximum absolute atomic E-state index is 12.8. The maximum Gasteiger partial charge on any atom is 0.332 e. The van der Waals surface area contributed by atoms with Crippen LogP contribution in [-0.4, -0.2) is 25.9 Å². The monoisotopic (exact) mass is 431 g/mol. The van der Waals surface area contributed by atoms with Crippen molar-refractivity contribution >= 4 is 34.1 Å². The van der Waals surface area contributed by atoms with Crippen LogP contribution in [0.3, 0.4) is 0 Å². The van der Waals surface area contributed by atoms with Gasteiger partial charge in [0.25, 0.3) is 5.56 Å². The highest BCUT2D eigenvalue weighted by atomic mass is 32.1. The van der Waals surface area contributed by atoms with E-state index < -0.39 is 23.1 Å². The lowest BCUT2D eigenvalue weighted by atomic mass is 9.99. The lowest BCUT2D eigenvalue weighted by Gasteiger charge is -2.13. The van der Waals surface area contributed by atoms with Crippen molar-refractivity contribution in [1.29, 1.82) is 0 Å². The van der Waals surface area contributed by atoms with Crippen LogP contribution in [0, 0.1) is 0 Å². The first-order valence-electron chi connectivity index (χ1n) is 10.3. The summed E-state index contributed by atoms with van der Waals surface area (Å²) in [6.45, 7) is 2.39. The molecule has 160 valence electrons. The Morgan fingerprint density at radius 2 is 2.03 bits per heavy atom. The summed E-state index contributed by atoms with van der Waals surface area (Å²) < 4.78 is 2.43. The van der Waals surface area contributed by atoms with Crippen LogP contribution in [-0.2, 0) is 36.0 Å². The summed E-state index contributed by atoms with van der Waals surface area (Å²) in [6, 6.07) is 0. The molecule has 2 N–H and O–H groups in total. The van der Waals surface area contributed by atoms with Crippen molar-refractivity contribution in [3.63, 3.8) is 0 Å². The van der Waals surface area contributed by atoms with Crippen molar-refractivity contribution < 1.29 is 9.59 Å². The standard InChI is InChI=1S/C20H25N5O4S/c1-3-4-9-25-16-15(18(28)24(2)20(25)29)11(17(27)23-16)10-14(26)22-19-21-12-7-5-6-8-13(12)30-19/h11H,3-10H2,1-2H3,(H,23,27)(H,21,22,26)/t11-/m0/s1. The van der Waals surface area contributed by atoms with Crippen LogP contribution in [0.1, 0.15) is 61.1 Å². The molecule has 0 saturated heterocycles. The Morgan fingerprint density at radius 3 is 2.77 bits per heavy atom. The van der Waals surface area contributed by atoms with Gasteiger partial charge in [0.1, 0.15) is 5.82 Å². The number of rotatable bonds is 6. The zero-order chi connectivity index (χ0) is 21.4. The molecule has 9 nitrogen and oxygen atoms in total. The Bertz CT molecular complexity index is 1110. The highest BCUT2D eigenvalue weighted by Crippen LogP contribution is 2.33. The third-order valence-corrected chi connectivity index (χ3v) is 6.77. The van der Waals surface area contributed by atoms with E-state index in [1.54, 1.807) is 0 Å². The van der Waals surface area contributed by atoms with Gasteiger partial charge in [-0.15, -0.1) is 11.3 Å². The van der Waals surface area contributed by atoms with E-state index in [4.69, 9.17) is 0 Å². The quantitative estimate of drug-likeness (QED) is 0.723. The molecular formula is C20H25N5O4S. The van der Waals surface area contributed by atoms with Crippen molar-refractivity contribution in [2.24, 2.45) is 7.05 Å². The van der Waals surface area contributed by atoms with Gasteiger partial charge in [0, 0.05) is 24.9 Å². The van der Waals surface area contributed by atoms with E-state index in [2.05, 4.69) is 15.6 Å². The second kappa shape index (κ2) is 8.17. The second-order valence-electron chi connectivity index (χ2n) is 7.80. The van der Waals surface area contributed by atoms with E-state index in [1.807, 2.05) is 6.92 Å². The minimum Gasteiger partial charge on any atom is -0.311 e. The number of thiazole rings is 1. The lowest BCUT2D eigenvalue weighted by Crippen LogP contribution is -2.40. The summed E-state index contributed by atoms with van der Waals surface area (Å²) in [5.41, 5.74) is 0.223. The number of unbranched alkanes of at least 4 members (excludes halogenated alkanes) is 1. The average Bonchev–Trinajstić information content (AvgIpc) is 3.26. The molecule has 0 radical (unpaired) electrons. The number of carbonyl (C=O) groups is 2. The van der Waals surface area contributed by atoms with Gasteiger partial charge in [-0.2, -0.15) is 0 Å². The summed E-state index contributed by atoms with van der Waals surface area (Å²) in [5.74, 6) is -1.51. The van der Waals surface area contributed by atoms with Gasteiger partial charge in [0.2, 0.25) is 11.8 Å². The van der Waals surface area contributed by atoms with Crippen molar-refractivity contribution in [3.8, 4) is 0 Å². The van der Waals surface area contributed by atoms with E-state index >= 15 is 0 Å². The van der Waals surface area contributed by atoms with Crippen molar-refractivity contribution in [2.45, 2.75) is 64.3 Å². The van der Waals surface area contributed by atoms with E-state index in [1.165, 1.54) is 27.8 Å². The number of hydrogen-bond donors (Lipinski definition) is 2. The first kappa shape index (κ1) is 20.5. The number of fused-ring (bicyclic) bond motifs is 2. The topological polar surface area (TPSA) is 115 Å². The molecule has 0 fully saturated rings. The lowest BCUT2D eigenvalue weighted by molar-refractivity contribution is -0.122. The van der Waals surface area contributed by atoms with Crippen LogP contribution in [0.25, 0.3) is 0 Å². The number of anilines is 2.